The summed E-state index contributed by atoms with van der Waals surface area (Å²) >= 11 is 0. The van der Waals surface area contributed by atoms with E-state index in [1.807, 2.05) is 0 Å². The van der Waals surface area contributed by atoms with Gasteiger partial charge in [-0.25, -0.2) is 8.78 Å². The third-order valence-electron chi connectivity index (χ3n) is 5.91. The van der Waals surface area contributed by atoms with E-state index in [4.69, 9.17) is 0 Å². The topological polar surface area (TPSA) is 0 Å². The van der Waals surface area contributed by atoms with Crippen molar-refractivity contribution < 1.29 is 65.9 Å². The van der Waals surface area contributed by atoms with E-state index in [0.717, 1.165) is 0 Å². The summed E-state index contributed by atoms with van der Waals surface area (Å²) in [6.45, 7) is 0. The van der Waals surface area contributed by atoms with Gasteiger partial charge in [0.2, 0.25) is 0 Å². The predicted octanol–water partition coefficient (Wildman–Crippen LogP) is 5.88. The van der Waals surface area contributed by atoms with Gasteiger partial charge in [-0.1, -0.05) is 121 Å². The quantitative estimate of drug-likeness (QED) is 0.111. The van der Waals surface area contributed by atoms with E-state index in [1.54, 1.807) is 0 Å². The summed E-state index contributed by atoms with van der Waals surface area (Å²) in [5, 5.41) is 5.83. The molecule has 0 spiro atoms. The van der Waals surface area contributed by atoms with Crippen LogP contribution >= 0.6 is 28.3 Å². The Morgan fingerprint density at radius 2 is 0.644 bits per heavy atom. The van der Waals surface area contributed by atoms with Crippen molar-refractivity contribution in [2.45, 2.75) is 0 Å². The van der Waals surface area contributed by atoms with Crippen molar-refractivity contribution in [3.63, 3.8) is 0 Å². The molecule has 6 aromatic carbocycles. The fourth-order valence-electron chi connectivity index (χ4n) is 3.93. The van der Waals surface area contributed by atoms with Gasteiger partial charge in [0.05, 0.1) is 0 Å². The van der Waals surface area contributed by atoms with Gasteiger partial charge in [-0.05, 0) is 37.1 Å². The van der Waals surface area contributed by atoms with Crippen molar-refractivity contribution in [1.82, 2.24) is 0 Å². The van der Waals surface area contributed by atoms with E-state index < -0.39 is 15.8 Å². The summed E-state index contributed by atoms with van der Waals surface area (Å²) in [5.41, 5.74) is 0. The summed E-state index contributed by atoms with van der Waals surface area (Å²) in [5.74, 6) is 0.754. The molecular weight excluding hydrogens is 1010 g/mol. The van der Waals surface area contributed by atoms with Gasteiger partial charge in [-0.15, -0.1) is 36.7 Å². The zero-order valence-electron chi connectivity index (χ0n) is 23.9. The number of benzene rings is 6. The van der Waals surface area contributed by atoms with Crippen LogP contribution in [0, 0.1) is 23.8 Å². The Balaban J connectivity index is 0.000000895. The van der Waals surface area contributed by atoms with Crippen LogP contribution in [0.25, 0.3) is 0 Å². The maximum absolute atomic E-state index is 11.9. The smallest absolute Gasteiger partial charge is 1.00 e. The van der Waals surface area contributed by atoms with Crippen LogP contribution in [0.5, 0.6) is 0 Å². The first kappa shape index (κ1) is 43.1. The van der Waals surface area contributed by atoms with Crippen molar-refractivity contribution >= 4 is 49.5 Å². The van der Waals surface area contributed by atoms with Crippen LogP contribution in [0.2, 0.25) is 0 Å². The molecule has 0 aliphatic carbocycles. The molecular formula is C37H31Au2Cl2F2P2+. The first-order chi connectivity index (χ1) is 20.2. The number of hydrogen-bond acceptors (Lipinski definition) is 0. The SMILES string of the molecule is Cl.Fc1cc[c-]cc1.Fc1cc[c-]cc1.[Au+3].[Au+].[Cl-].c1ccc(P(CP(c2ccccc2)c2ccccc2)c2ccccc2)cc1. The van der Waals surface area contributed by atoms with Gasteiger partial charge in [0.25, 0.3) is 0 Å². The first-order valence-corrected chi connectivity index (χ1v) is 16.2. The van der Waals surface area contributed by atoms with Crippen molar-refractivity contribution in [1.29, 1.82) is 0 Å². The number of halogens is 4. The maximum atomic E-state index is 11.9. The maximum Gasteiger partial charge on any atom is 3.00 e. The molecule has 0 saturated carbocycles. The molecule has 8 heteroatoms. The second-order valence-corrected chi connectivity index (χ2v) is 13.7. The van der Waals surface area contributed by atoms with Gasteiger partial charge in [0.15, 0.2) is 0 Å². The van der Waals surface area contributed by atoms with E-state index in [9.17, 15) is 8.78 Å². The Morgan fingerprint density at radius 1 is 0.422 bits per heavy atom. The third kappa shape index (κ3) is 15.5. The van der Waals surface area contributed by atoms with E-state index in [2.05, 4.69) is 133 Å². The van der Waals surface area contributed by atoms with Crippen molar-refractivity contribution in [3.05, 3.63) is 194 Å². The standard InChI is InChI=1S/C25H22P2.2C6H4F.2Au.2ClH/c1-5-13-22(14-6-1)26(23-15-7-2-8-16-23)21-27(24-17-9-3-10-18-24)25-19-11-4-12-20-25;2*7-6-4-2-1-3-5-6;;;;/h1-20H,21H2;2*2-5H;;;2*1H/q;2*-1;+1;+3;;/p-1. The van der Waals surface area contributed by atoms with Gasteiger partial charge in [-0.2, -0.15) is 36.4 Å². The minimum absolute atomic E-state index is 0. The van der Waals surface area contributed by atoms with Crippen LogP contribution in [0.15, 0.2) is 170 Å². The van der Waals surface area contributed by atoms with Crippen LogP contribution in [-0.2, 0) is 44.8 Å². The largest absolute Gasteiger partial charge is 3.00 e. The Hall–Kier alpha value is -1.90. The molecule has 45 heavy (non-hydrogen) atoms. The molecule has 0 N–H and O–H groups in total. The number of rotatable bonds is 6. The Kier molecular flexibility index (Phi) is 24.2. The average molecular weight is 1040 g/mol. The Morgan fingerprint density at radius 3 is 0.822 bits per heavy atom. The number of hydrogen-bond donors (Lipinski definition) is 0. The second-order valence-electron chi connectivity index (χ2n) is 8.78. The molecule has 0 radical (unpaired) electrons. The molecule has 0 aromatic heterocycles. The zero-order chi connectivity index (χ0) is 28.5. The molecule has 0 atom stereocenters. The molecule has 0 aliphatic rings. The van der Waals surface area contributed by atoms with Crippen molar-refractivity contribution in [3.8, 4) is 0 Å². The molecule has 0 nitrogen and oxygen atoms in total. The normalized spacial score (nSPS) is 9.33. The molecule has 0 fully saturated rings. The molecule has 6 rings (SSSR count). The summed E-state index contributed by atoms with van der Waals surface area (Å²) < 4.78 is 23.8. The third-order valence-corrected chi connectivity index (χ3v) is 11.9. The molecule has 6 aromatic rings. The molecule has 0 amide bonds. The average Bonchev–Trinajstić information content (AvgIpc) is 3.05. The van der Waals surface area contributed by atoms with E-state index in [1.165, 1.54) is 75.7 Å². The van der Waals surface area contributed by atoms with Gasteiger partial charge >= 0.3 is 44.8 Å². The van der Waals surface area contributed by atoms with E-state index in [0.29, 0.717) is 0 Å². The van der Waals surface area contributed by atoms with Crippen LogP contribution < -0.4 is 33.6 Å². The summed E-state index contributed by atoms with van der Waals surface area (Å²) in [6, 6.07) is 61.1. The fraction of sp³-hybridized carbons (Fsp3) is 0.0270. The van der Waals surface area contributed by atoms with Crippen molar-refractivity contribution in [2.24, 2.45) is 0 Å². The molecule has 0 aliphatic heterocycles. The minimum atomic E-state index is -0.409. The first-order valence-electron chi connectivity index (χ1n) is 13.2. The van der Waals surface area contributed by atoms with E-state index in [-0.39, 0.29) is 81.2 Å². The van der Waals surface area contributed by atoms with Gasteiger partial charge < -0.3 is 12.4 Å². The molecule has 0 bridgehead atoms. The van der Waals surface area contributed by atoms with Crippen LogP contribution in [-0.4, -0.2) is 5.90 Å². The van der Waals surface area contributed by atoms with Gasteiger partial charge in [0.1, 0.15) is 0 Å². The van der Waals surface area contributed by atoms with Crippen LogP contribution in [0.4, 0.5) is 8.78 Å². The van der Waals surface area contributed by atoms with Crippen molar-refractivity contribution in [2.75, 3.05) is 5.90 Å². The molecule has 0 unspecified atom stereocenters. The molecule has 0 saturated heterocycles. The Bertz CT molecular complexity index is 1330. The molecule has 0 heterocycles. The van der Waals surface area contributed by atoms with Crippen LogP contribution in [0.1, 0.15) is 0 Å². The summed E-state index contributed by atoms with van der Waals surface area (Å²) in [6.07, 6.45) is 0. The van der Waals surface area contributed by atoms with Crippen LogP contribution in [0.3, 0.4) is 0 Å². The van der Waals surface area contributed by atoms with Gasteiger partial charge in [-0.3, -0.25) is 0 Å². The monoisotopic (exact) mass is 1040 g/mol. The van der Waals surface area contributed by atoms with E-state index >= 15 is 0 Å². The Labute approximate surface area is 312 Å². The zero-order valence-corrected chi connectivity index (χ0v) is 31.6. The summed E-state index contributed by atoms with van der Waals surface area (Å²) in [4.78, 5) is 0. The molecule has 238 valence electrons. The van der Waals surface area contributed by atoms with Gasteiger partial charge in [0, 0.05) is 17.5 Å². The fourth-order valence-corrected chi connectivity index (χ4v) is 10.4. The minimum Gasteiger partial charge on any atom is -1.00 e. The predicted molar refractivity (Wildman–Crippen MR) is 181 cm³/mol. The second kappa shape index (κ2) is 25.2. The summed E-state index contributed by atoms with van der Waals surface area (Å²) in [7, 11) is -0.817.